The molecule has 0 radical (unpaired) electrons. The Kier molecular flexibility index (Phi) is 5.02. The average Bonchev–Trinajstić information content (AvgIpc) is 2.98. The molecule has 2 N–H and O–H groups in total. The van der Waals surface area contributed by atoms with Crippen LogP contribution in [0.25, 0.3) is 11.0 Å². The summed E-state index contributed by atoms with van der Waals surface area (Å²) in [7, 11) is 0. The van der Waals surface area contributed by atoms with Crippen molar-refractivity contribution in [3.8, 4) is 0 Å². The van der Waals surface area contributed by atoms with Crippen LogP contribution in [0.3, 0.4) is 0 Å². The SMILES string of the molecule is Cc1cc(C)c2onc(CC(=O)NC(Cc3ccccc3)C(=O)O)c2c1. The molecule has 1 heterocycles. The van der Waals surface area contributed by atoms with Gasteiger partial charge in [-0.2, -0.15) is 0 Å². The number of aliphatic carboxylic acids is 1. The molecule has 134 valence electrons. The highest BCUT2D eigenvalue weighted by atomic mass is 16.5. The first-order valence-corrected chi connectivity index (χ1v) is 8.35. The number of rotatable bonds is 6. The molecular formula is C20H20N2O4. The van der Waals surface area contributed by atoms with E-state index in [9.17, 15) is 14.7 Å². The van der Waals surface area contributed by atoms with Crippen LogP contribution in [0.5, 0.6) is 0 Å². The summed E-state index contributed by atoms with van der Waals surface area (Å²) in [4.78, 5) is 23.9. The fourth-order valence-corrected chi connectivity index (χ4v) is 3.01. The molecule has 1 aromatic heterocycles. The number of carbonyl (C=O) groups excluding carboxylic acids is 1. The number of nitrogens with one attached hydrogen (secondary N) is 1. The van der Waals surface area contributed by atoms with Crippen LogP contribution < -0.4 is 5.32 Å². The quantitative estimate of drug-likeness (QED) is 0.712. The second-order valence-corrected chi connectivity index (χ2v) is 6.41. The number of carboxylic acids is 1. The first-order chi connectivity index (χ1) is 12.4. The number of amides is 1. The average molecular weight is 352 g/mol. The zero-order valence-corrected chi connectivity index (χ0v) is 14.7. The van der Waals surface area contributed by atoms with Gasteiger partial charge in [-0.3, -0.25) is 4.79 Å². The van der Waals surface area contributed by atoms with Crippen LogP contribution in [0.2, 0.25) is 0 Å². The van der Waals surface area contributed by atoms with Gasteiger partial charge in [0.25, 0.3) is 0 Å². The van der Waals surface area contributed by atoms with Gasteiger partial charge in [-0.25, -0.2) is 4.79 Å². The van der Waals surface area contributed by atoms with E-state index >= 15 is 0 Å². The van der Waals surface area contributed by atoms with Crippen molar-refractivity contribution < 1.29 is 19.2 Å². The number of hydrogen-bond donors (Lipinski definition) is 2. The van der Waals surface area contributed by atoms with Gasteiger partial charge in [-0.05, 0) is 36.6 Å². The van der Waals surface area contributed by atoms with E-state index in [1.807, 2.05) is 56.3 Å². The predicted octanol–water partition coefficient (Wildman–Crippen LogP) is 2.80. The van der Waals surface area contributed by atoms with Gasteiger partial charge in [0.2, 0.25) is 5.91 Å². The van der Waals surface area contributed by atoms with E-state index in [2.05, 4.69) is 10.5 Å². The predicted molar refractivity (Wildman–Crippen MR) is 96.9 cm³/mol. The number of carboxylic acid groups (broad SMARTS) is 1. The summed E-state index contributed by atoms with van der Waals surface area (Å²) in [5, 5.41) is 16.8. The number of fused-ring (bicyclic) bond motifs is 1. The standard InChI is InChI=1S/C20H20N2O4/c1-12-8-13(2)19-15(9-12)16(22-26-19)11-18(23)21-17(20(24)25)10-14-6-4-3-5-7-14/h3-9,17H,10-11H2,1-2H3,(H,21,23)(H,24,25). The molecule has 0 spiro atoms. The highest BCUT2D eigenvalue weighted by Crippen LogP contribution is 2.24. The summed E-state index contributed by atoms with van der Waals surface area (Å²) in [6.45, 7) is 3.88. The zero-order chi connectivity index (χ0) is 18.7. The molecule has 0 aliphatic rings. The van der Waals surface area contributed by atoms with E-state index in [4.69, 9.17) is 4.52 Å². The molecular weight excluding hydrogens is 332 g/mol. The van der Waals surface area contributed by atoms with E-state index in [1.165, 1.54) is 0 Å². The van der Waals surface area contributed by atoms with Gasteiger partial charge < -0.3 is 14.9 Å². The highest BCUT2D eigenvalue weighted by Gasteiger charge is 2.22. The van der Waals surface area contributed by atoms with Crippen molar-refractivity contribution in [1.82, 2.24) is 10.5 Å². The smallest absolute Gasteiger partial charge is 0.326 e. The topological polar surface area (TPSA) is 92.4 Å². The lowest BCUT2D eigenvalue weighted by Gasteiger charge is -2.14. The molecule has 2 aromatic carbocycles. The number of benzene rings is 2. The van der Waals surface area contributed by atoms with Crippen molar-refractivity contribution in [2.45, 2.75) is 32.7 Å². The third kappa shape index (κ3) is 3.91. The minimum atomic E-state index is -1.07. The number of aryl methyl sites for hydroxylation is 2. The fraction of sp³-hybridized carbons (Fsp3) is 0.250. The summed E-state index contributed by atoms with van der Waals surface area (Å²) in [6.07, 6.45) is 0.189. The molecule has 26 heavy (non-hydrogen) atoms. The number of hydrogen-bond acceptors (Lipinski definition) is 4. The molecule has 3 rings (SSSR count). The number of carbonyl (C=O) groups is 2. The normalized spacial score (nSPS) is 12.1. The highest BCUT2D eigenvalue weighted by molar-refractivity contribution is 5.90. The van der Waals surface area contributed by atoms with Crippen LogP contribution in [-0.4, -0.2) is 28.2 Å². The first kappa shape index (κ1) is 17.7. The Labute approximate surface area is 150 Å². The Hall–Kier alpha value is -3.15. The van der Waals surface area contributed by atoms with Gasteiger partial charge in [-0.15, -0.1) is 0 Å². The Morgan fingerprint density at radius 2 is 1.92 bits per heavy atom. The second kappa shape index (κ2) is 7.39. The van der Waals surface area contributed by atoms with Gasteiger partial charge in [-0.1, -0.05) is 41.6 Å². The summed E-state index contributed by atoms with van der Waals surface area (Å²) in [5.41, 5.74) is 4.00. The van der Waals surface area contributed by atoms with Crippen molar-refractivity contribution >= 4 is 22.8 Å². The monoisotopic (exact) mass is 352 g/mol. The molecule has 6 nitrogen and oxygen atoms in total. The van der Waals surface area contributed by atoms with Crippen LogP contribution in [0.1, 0.15) is 22.4 Å². The largest absolute Gasteiger partial charge is 0.480 e. The molecule has 0 saturated carbocycles. The Balaban J connectivity index is 1.74. The lowest BCUT2D eigenvalue weighted by atomic mass is 10.0. The maximum atomic E-state index is 12.4. The van der Waals surface area contributed by atoms with E-state index < -0.39 is 17.9 Å². The van der Waals surface area contributed by atoms with E-state index in [-0.39, 0.29) is 12.8 Å². The molecule has 0 bridgehead atoms. The summed E-state index contributed by atoms with van der Waals surface area (Å²) in [5.74, 6) is -1.47. The minimum absolute atomic E-state index is 0.0333. The first-order valence-electron chi connectivity index (χ1n) is 8.35. The molecule has 0 fully saturated rings. The molecule has 0 saturated heterocycles. The van der Waals surface area contributed by atoms with E-state index in [1.54, 1.807) is 0 Å². The van der Waals surface area contributed by atoms with Crippen molar-refractivity contribution in [3.05, 3.63) is 64.8 Å². The van der Waals surface area contributed by atoms with Crippen LogP contribution >= 0.6 is 0 Å². The van der Waals surface area contributed by atoms with E-state index in [0.29, 0.717) is 11.3 Å². The minimum Gasteiger partial charge on any atom is -0.480 e. The third-order valence-corrected chi connectivity index (χ3v) is 4.22. The van der Waals surface area contributed by atoms with Crippen LogP contribution in [0, 0.1) is 13.8 Å². The zero-order valence-electron chi connectivity index (χ0n) is 14.7. The maximum absolute atomic E-state index is 12.4. The van der Waals surface area contributed by atoms with Crippen molar-refractivity contribution in [1.29, 1.82) is 0 Å². The lowest BCUT2D eigenvalue weighted by Crippen LogP contribution is -2.43. The van der Waals surface area contributed by atoms with Gasteiger partial charge in [0.15, 0.2) is 5.58 Å². The van der Waals surface area contributed by atoms with Gasteiger partial charge >= 0.3 is 5.97 Å². The second-order valence-electron chi connectivity index (χ2n) is 6.41. The molecule has 1 amide bonds. The summed E-state index contributed by atoms with van der Waals surface area (Å²) < 4.78 is 5.34. The molecule has 0 aliphatic carbocycles. The Morgan fingerprint density at radius 3 is 2.62 bits per heavy atom. The van der Waals surface area contributed by atoms with Crippen molar-refractivity contribution in [2.24, 2.45) is 0 Å². The van der Waals surface area contributed by atoms with Gasteiger partial charge in [0, 0.05) is 11.8 Å². The third-order valence-electron chi connectivity index (χ3n) is 4.22. The van der Waals surface area contributed by atoms with Crippen LogP contribution in [0.4, 0.5) is 0 Å². The van der Waals surface area contributed by atoms with Crippen molar-refractivity contribution in [2.75, 3.05) is 0 Å². The van der Waals surface area contributed by atoms with Crippen LogP contribution in [-0.2, 0) is 22.4 Å². The Bertz CT molecular complexity index is 947. The maximum Gasteiger partial charge on any atom is 0.326 e. The number of nitrogens with zero attached hydrogens (tertiary/aromatic N) is 1. The molecule has 6 heteroatoms. The fourth-order valence-electron chi connectivity index (χ4n) is 3.01. The molecule has 1 unspecified atom stereocenters. The number of aromatic nitrogens is 1. The van der Waals surface area contributed by atoms with Gasteiger partial charge in [0.1, 0.15) is 11.7 Å². The van der Waals surface area contributed by atoms with Crippen molar-refractivity contribution in [3.63, 3.8) is 0 Å². The summed E-state index contributed by atoms with van der Waals surface area (Å²) in [6, 6.07) is 12.1. The molecule has 0 aliphatic heterocycles. The van der Waals surface area contributed by atoms with E-state index in [0.717, 1.165) is 22.1 Å². The van der Waals surface area contributed by atoms with Crippen LogP contribution in [0.15, 0.2) is 47.0 Å². The lowest BCUT2D eigenvalue weighted by molar-refractivity contribution is -0.141. The Morgan fingerprint density at radius 1 is 1.19 bits per heavy atom. The molecule has 1 atom stereocenters. The molecule has 3 aromatic rings. The van der Waals surface area contributed by atoms with Gasteiger partial charge in [0.05, 0.1) is 6.42 Å². The summed E-state index contributed by atoms with van der Waals surface area (Å²) >= 11 is 0.